The van der Waals surface area contributed by atoms with E-state index in [-0.39, 0.29) is 0 Å². The summed E-state index contributed by atoms with van der Waals surface area (Å²) in [5.74, 6) is 0. The molecule has 8 nitrogen and oxygen atoms in total. The van der Waals surface area contributed by atoms with Crippen molar-refractivity contribution in [3.8, 4) is 55.9 Å². The minimum Gasteiger partial charge on any atom is -0.311 e. The van der Waals surface area contributed by atoms with Gasteiger partial charge in [0.25, 0.3) is 0 Å². The number of hydrogen-bond acceptors (Lipinski definition) is 6. The molecule has 0 fully saturated rings. The summed E-state index contributed by atoms with van der Waals surface area (Å²) in [6.07, 6.45) is 0. The van der Waals surface area contributed by atoms with E-state index in [1.54, 1.807) is 0 Å². The molecule has 0 aliphatic carbocycles. The number of para-hydroxylation sites is 12. The second kappa shape index (κ2) is 39.0. The van der Waals surface area contributed by atoms with Crippen LogP contribution in [0.15, 0.2) is 582 Å². The fourth-order valence-corrected chi connectivity index (χ4v) is 19.6. The Morgan fingerprint density at radius 2 is 0.236 bits per heavy atom. The van der Waals surface area contributed by atoms with E-state index in [0.717, 1.165) is 158 Å². The van der Waals surface area contributed by atoms with Gasteiger partial charge in [-0.2, -0.15) is 0 Å². The summed E-state index contributed by atoms with van der Waals surface area (Å²) in [5.41, 5.74) is 36.2. The lowest BCUT2D eigenvalue weighted by Crippen LogP contribution is -2.10. The number of anilines is 18. The Morgan fingerprint density at radius 1 is 0.100 bits per heavy atom. The van der Waals surface area contributed by atoms with Crippen LogP contribution >= 0.6 is 0 Å². The van der Waals surface area contributed by atoms with E-state index < -0.39 is 0 Å². The van der Waals surface area contributed by atoms with E-state index in [0.29, 0.717) is 0 Å². The first kappa shape index (κ1) is 85.4. The summed E-state index contributed by atoms with van der Waals surface area (Å²) in [6.45, 7) is 0. The molecular weight excluding hydrogens is 1700 g/mol. The molecule has 0 N–H and O–H groups in total. The third kappa shape index (κ3) is 17.4. The van der Waals surface area contributed by atoms with Crippen molar-refractivity contribution in [3.05, 3.63) is 582 Å². The van der Waals surface area contributed by atoms with Crippen molar-refractivity contribution in [2.24, 2.45) is 0 Å². The van der Waals surface area contributed by atoms with Crippen molar-refractivity contribution >= 4 is 146 Å². The molecule has 0 amide bonds. The largest absolute Gasteiger partial charge is 0.311 e. The lowest BCUT2D eigenvalue weighted by Gasteiger charge is -2.26. The molecular formula is C132H96N8. The number of rotatable bonds is 24. The van der Waals surface area contributed by atoms with Crippen LogP contribution in [0, 0.1) is 0 Å². The Morgan fingerprint density at radius 3 is 0.421 bits per heavy atom. The van der Waals surface area contributed by atoms with Crippen LogP contribution in [0.1, 0.15) is 0 Å². The Hall–Kier alpha value is -18.8. The zero-order chi connectivity index (χ0) is 93.3. The Balaban J connectivity index is 0.000000158. The SMILES string of the molecule is c1ccc(N(c2ccc(-c3ccc(N(c4ccccc4)c4ccc5c(c4)c4ccccc4n5-c4ccccc4)cc3)cc2)c2ccc3c(c2)c2ccccc2n3-c2ccccc2)cc1.c1ccc(N(c2ccccc2)c2ccc(-c3ccc(N(c4ccccc4)c4ccc(-c5ccc(N(c6ccccc6)c6ccc(-c7ccc(N(c8ccccc8)c8ccccc8)cc7)cc6)cc5)cc4)cc3)cc2)cc1. The summed E-state index contributed by atoms with van der Waals surface area (Å²) in [5, 5.41) is 4.91. The molecule has 2 heterocycles. The Bertz CT molecular complexity index is 7720. The summed E-state index contributed by atoms with van der Waals surface area (Å²) in [6, 6.07) is 208. The topological polar surface area (TPSA) is 29.3 Å². The number of aromatic nitrogens is 2. The van der Waals surface area contributed by atoms with Crippen LogP contribution in [-0.4, -0.2) is 9.13 Å². The van der Waals surface area contributed by atoms with Gasteiger partial charge in [-0.3, -0.25) is 0 Å². The first-order chi connectivity index (χ1) is 69.5. The van der Waals surface area contributed by atoms with Gasteiger partial charge >= 0.3 is 0 Å². The maximum absolute atomic E-state index is 2.37. The molecule has 0 atom stereocenters. The van der Waals surface area contributed by atoms with Crippen molar-refractivity contribution in [1.82, 2.24) is 9.13 Å². The molecule has 140 heavy (non-hydrogen) atoms. The molecule has 664 valence electrons. The summed E-state index contributed by atoms with van der Waals surface area (Å²) < 4.78 is 4.73. The molecule has 8 heteroatoms. The molecule has 24 rings (SSSR count). The monoisotopic (exact) mass is 1790 g/mol. The first-order valence-electron chi connectivity index (χ1n) is 47.7. The molecule has 0 saturated heterocycles. The van der Waals surface area contributed by atoms with E-state index in [1.807, 2.05) is 0 Å². The molecule has 0 radical (unpaired) electrons. The Labute approximate surface area is 817 Å². The average Bonchev–Trinajstić information content (AvgIpc) is 1.59. The van der Waals surface area contributed by atoms with Gasteiger partial charge in [-0.25, -0.2) is 0 Å². The highest BCUT2D eigenvalue weighted by molar-refractivity contribution is 6.12. The molecule has 22 aromatic carbocycles. The molecule has 0 aliphatic rings. The van der Waals surface area contributed by atoms with Gasteiger partial charge < -0.3 is 38.5 Å². The second-order valence-corrected chi connectivity index (χ2v) is 34.9. The van der Waals surface area contributed by atoms with Gasteiger partial charge in [0, 0.05) is 135 Å². The molecule has 0 saturated carbocycles. The lowest BCUT2D eigenvalue weighted by atomic mass is 10.0. The molecule has 0 bridgehead atoms. The molecule has 2 aromatic heterocycles. The van der Waals surface area contributed by atoms with Crippen molar-refractivity contribution < 1.29 is 0 Å². The van der Waals surface area contributed by atoms with Crippen LogP contribution in [0.5, 0.6) is 0 Å². The maximum Gasteiger partial charge on any atom is 0.0542 e. The van der Waals surface area contributed by atoms with Crippen LogP contribution in [0.2, 0.25) is 0 Å². The van der Waals surface area contributed by atoms with Gasteiger partial charge in [0.1, 0.15) is 0 Å². The highest BCUT2D eigenvalue weighted by Crippen LogP contribution is 2.47. The van der Waals surface area contributed by atoms with E-state index in [4.69, 9.17) is 0 Å². The fraction of sp³-hybridized carbons (Fsp3) is 0. The third-order valence-corrected chi connectivity index (χ3v) is 26.3. The minimum atomic E-state index is 1.08. The smallest absolute Gasteiger partial charge is 0.0542 e. The van der Waals surface area contributed by atoms with Crippen LogP contribution in [0.4, 0.5) is 102 Å². The van der Waals surface area contributed by atoms with Crippen LogP contribution < -0.4 is 29.4 Å². The number of nitrogens with zero attached hydrogens (tertiary/aromatic N) is 8. The molecule has 0 unspecified atom stereocenters. The zero-order valence-corrected chi connectivity index (χ0v) is 77.0. The summed E-state index contributed by atoms with van der Waals surface area (Å²) >= 11 is 0. The van der Waals surface area contributed by atoms with Gasteiger partial charge in [-0.15, -0.1) is 0 Å². The third-order valence-electron chi connectivity index (χ3n) is 26.3. The summed E-state index contributed by atoms with van der Waals surface area (Å²) in [7, 11) is 0. The highest BCUT2D eigenvalue weighted by atomic mass is 15.2. The number of hydrogen-bond donors (Lipinski definition) is 0. The quantitative estimate of drug-likeness (QED) is 0.0599. The normalized spacial score (nSPS) is 11.1. The number of fused-ring (bicyclic) bond motifs is 6. The van der Waals surface area contributed by atoms with Crippen molar-refractivity contribution in [2.75, 3.05) is 29.4 Å². The Kier molecular flexibility index (Phi) is 23.8. The average molecular weight is 1790 g/mol. The molecule has 24 aromatic rings. The van der Waals surface area contributed by atoms with E-state index >= 15 is 0 Å². The van der Waals surface area contributed by atoms with Crippen molar-refractivity contribution in [2.45, 2.75) is 0 Å². The van der Waals surface area contributed by atoms with Gasteiger partial charge in [0.15, 0.2) is 0 Å². The lowest BCUT2D eigenvalue weighted by molar-refractivity contribution is 1.18. The maximum atomic E-state index is 2.37. The van der Waals surface area contributed by atoms with Crippen molar-refractivity contribution in [1.29, 1.82) is 0 Å². The van der Waals surface area contributed by atoms with Crippen molar-refractivity contribution in [3.63, 3.8) is 0 Å². The number of benzene rings is 22. The van der Waals surface area contributed by atoms with Crippen LogP contribution in [0.3, 0.4) is 0 Å². The highest BCUT2D eigenvalue weighted by Gasteiger charge is 2.24. The van der Waals surface area contributed by atoms with Gasteiger partial charge in [-0.05, 0) is 311 Å². The predicted octanol–water partition coefficient (Wildman–Crippen LogP) is 37.1. The summed E-state index contributed by atoms with van der Waals surface area (Å²) in [4.78, 5) is 13.9. The minimum absolute atomic E-state index is 1.08. The standard InChI is InChI=1S/C72H54N4.C60H42N4/c1-7-19-61(20-8-1)73(62-21-9-2-10-22-62)67-43-31-55(32-44-67)57-35-47-69(48-36-57)75(65-27-15-5-16-28-65)71-51-39-59(40-52-71)60-41-53-72(54-42-60)76(66-29-17-6-18-30-66)70-49-37-58(38-50-70)56-33-45-68(46-34-56)74(63-23-11-3-12-24-63)64-25-13-4-14-26-64;1-5-17-45(18-6-1)61(51-37-39-59-55(41-51)53-25-13-15-27-57(53)63(59)47-21-9-3-10-22-47)49-33-29-43(30-34-49)44-31-35-50(36-32-44)62(46-19-7-2-8-20-46)52-38-40-60-56(42-52)54-26-14-16-28-58(54)64(60)48-23-11-4-12-24-48/h1-54H;1-42H. The van der Waals surface area contributed by atoms with Gasteiger partial charge in [0.2, 0.25) is 0 Å². The molecule has 0 spiro atoms. The van der Waals surface area contributed by atoms with Gasteiger partial charge in [0.05, 0.1) is 22.1 Å². The van der Waals surface area contributed by atoms with Crippen LogP contribution in [0.25, 0.3) is 99.5 Å². The van der Waals surface area contributed by atoms with E-state index in [9.17, 15) is 0 Å². The van der Waals surface area contributed by atoms with Crippen LogP contribution in [-0.2, 0) is 0 Å². The van der Waals surface area contributed by atoms with E-state index in [1.165, 1.54) is 43.6 Å². The second-order valence-electron chi connectivity index (χ2n) is 34.9. The van der Waals surface area contributed by atoms with E-state index in [2.05, 4.69) is 621 Å². The fourth-order valence-electron chi connectivity index (χ4n) is 19.6. The predicted molar refractivity (Wildman–Crippen MR) is 591 cm³/mol. The molecule has 0 aliphatic heterocycles. The van der Waals surface area contributed by atoms with Gasteiger partial charge in [-0.1, -0.05) is 315 Å². The first-order valence-corrected chi connectivity index (χ1v) is 47.7. The zero-order valence-electron chi connectivity index (χ0n) is 77.0.